The molecule has 0 fully saturated rings. The van der Waals surface area contributed by atoms with Gasteiger partial charge in [0.15, 0.2) is 11.6 Å². The predicted octanol–water partition coefficient (Wildman–Crippen LogP) is 2.72. The molecule has 2 aromatic carbocycles. The summed E-state index contributed by atoms with van der Waals surface area (Å²) >= 11 is 0. The van der Waals surface area contributed by atoms with Crippen molar-refractivity contribution in [3.05, 3.63) is 64.7 Å². The average molecular weight is 355 g/mol. The van der Waals surface area contributed by atoms with Gasteiger partial charge in [-0.1, -0.05) is 24.3 Å². The molecule has 1 N–H and O–H groups in total. The number of hydrogen-bond donors (Lipinski definition) is 1. The number of benzene rings is 2. The molecule has 1 aliphatic carbocycles. The van der Waals surface area contributed by atoms with Crippen LogP contribution in [0.4, 0.5) is 18.9 Å². The molecule has 0 amide bonds. The second kappa shape index (κ2) is 5.17. The smallest absolute Gasteiger partial charge is 0.289 e. The molecule has 1 aliphatic rings. The van der Waals surface area contributed by atoms with Gasteiger partial charge in [-0.3, -0.25) is 14.3 Å². The lowest BCUT2D eigenvalue weighted by Crippen LogP contribution is -2.30. The van der Waals surface area contributed by atoms with Crippen molar-refractivity contribution in [2.24, 2.45) is 0 Å². The van der Waals surface area contributed by atoms with Crippen molar-refractivity contribution in [2.75, 3.05) is 4.72 Å². The maximum atomic E-state index is 12.4. The summed E-state index contributed by atoms with van der Waals surface area (Å²) in [6.45, 7) is 0. The van der Waals surface area contributed by atoms with E-state index in [2.05, 4.69) is 0 Å². The van der Waals surface area contributed by atoms with E-state index in [0.717, 1.165) is 18.2 Å². The Morgan fingerprint density at radius 2 is 1.29 bits per heavy atom. The van der Waals surface area contributed by atoms with Crippen LogP contribution in [0.15, 0.2) is 42.5 Å². The molecule has 9 heteroatoms. The SMILES string of the molecule is O=C1c2ccccc2C(=O)c2cc(NS(=O)(=O)C(F)(F)F)ccc21. The highest BCUT2D eigenvalue weighted by Gasteiger charge is 2.46. The monoisotopic (exact) mass is 355 g/mol. The molecule has 0 bridgehead atoms. The highest BCUT2D eigenvalue weighted by molar-refractivity contribution is 7.93. The number of fused-ring (bicyclic) bond motifs is 2. The minimum Gasteiger partial charge on any atom is -0.289 e. The van der Waals surface area contributed by atoms with Crippen LogP contribution in [0.3, 0.4) is 0 Å². The summed E-state index contributed by atoms with van der Waals surface area (Å²) in [6.07, 6.45) is 0. The molecular weight excluding hydrogens is 347 g/mol. The van der Waals surface area contributed by atoms with E-state index < -0.39 is 32.8 Å². The van der Waals surface area contributed by atoms with E-state index in [4.69, 9.17) is 0 Å². The number of rotatable bonds is 2. The van der Waals surface area contributed by atoms with Crippen molar-refractivity contribution < 1.29 is 31.2 Å². The standard InChI is InChI=1S/C15H8F3NO4S/c16-15(17,18)24(22,23)19-8-5-6-11-12(7-8)14(21)10-4-2-1-3-9(10)13(11)20/h1-7,19H. The number of carbonyl (C=O) groups is 2. The van der Waals surface area contributed by atoms with Crippen molar-refractivity contribution in [3.63, 3.8) is 0 Å². The van der Waals surface area contributed by atoms with Gasteiger partial charge in [-0.15, -0.1) is 0 Å². The number of anilines is 1. The molecule has 0 unspecified atom stereocenters. The molecule has 24 heavy (non-hydrogen) atoms. The third kappa shape index (κ3) is 2.46. The summed E-state index contributed by atoms with van der Waals surface area (Å²) in [4.78, 5) is 24.8. The van der Waals surface area contributed by atoms with Crippen LogP contribution in [0.2, 0.25) is 0 Å². The highest BCUT2D eigenvalue weighted by atomic mass is 32.2. The summed E-state index contributed by atoms with van der Waals surface area (Å²) in [5.41, 5.74) is -5.78. The summed E-state index contributed by atoms with van der Waals surface area (Å²) in [6, 6.07) is 9.08. The Morgan fingerprint density at radius 1 is 0.792 bits per heavy atom. The number of alkyl halides is 3. The number of carbonyl (C=O) groups excluding carboxylic acids is 2. The van der Waals surface area contributed by atoms with Gasteiger partial charge in [-0.25, -0.2) is 0 Å². The first kappa shape index (κ1) is 16.2. The van der Waals surface area contributed by atoms with Crippen molar-refractivity contribution in [2.45, 2.75) is 5.51 Å². The van der Waals surface area contributed by atoms with Crippen LogP contribution in [-0.2, 0) is 10.0 Å². The quantitative estimate of drug-likeness (QED) is 0.766. The molecule has 0 saturated carbocycles. The van der Waals surface area contributed by atoms with Gasteiger partial charge < -0.3 is 0 Å². The lowest BCUT2D eigenvalue weighted by molar-refractivity contribution is -0.0429. The minimum absolute atomic E-state index is 0.00802. The van der Waals surface area contributed by atoms with E-state index in [-0.39, 0.29) is 22.3 Å². The topological polar surface area (TPSA) is 80.3 Å². The number of hydrogen-bond acceptors (Lipinski definition) is 4. The Kier molecular flexibility index (Phi) is 3.48. The molecule has 0 spiro atoms. The van der Waals surface area contributed by atoms with Crippen molar-refractivity contribution in [1.82, 2.24) is 0 Å². The largest absolute Gasteiger partial charge is 0.516 e. The molecule has 0 heterocycles. The number of halogens is 3. The van der Waals surface area contributed by atoms with Crippen LogP contribution in [0.1, 0.15) is 31.8 Å². The molecule has 3 rings (SSSR count). The van der Waals surface area contributed by atoms with E-state index in [1.54, 1.807) is 12.1 Å². The summed E-state index contributed by atoms with van der Waals surface area (Å²) in [7, 11) is -5.62. The normalized spacial score (nSPS) is 14.1. The fraction of sp³-hybridized carbons (Fsp3) is 0.0667. The van der Waals surface area contributed by atoms with E-state index in [1.807, 2.05) is 0 Å². The van der Waals surface area contributed by atoms with Crippen molar-refractivity contribution >= 4 is 27.3 Å². The van der Waals surface area contributed by atoms with Gasteiger partial charge in [0.2, 0.25) is 0 Å². The maximum Gasteiger partial charge on any atom is 0.516 e. The van der Waals surface area contributed by atoms with Crippen LogP contribution in [0.25, 0.3) is 0 Å². The van der Waals surface area contributed by atoms with E-state index >= 15 is 0 Å². The Bertz CT molecular complexity index is 980. The van der Waals surface area contributed by atoms with Crippen LogP contribution in [0, 0.1) is 0 Å². The molecule has 2 aromatic rings. The molecule has 0 aliphatic heterocycles. The first-order valence-corrected chi connectivity index (χ1v) is 8.02. The molecule has 0 radical (unpaired) electrons. The van der Waals surface area contributed by atoms with Crippen molar-refractivity contribution in [1.29, 1.82) is 0 Å². The van der Waals surface area contributed by atoms with Crippen LogP contribution < -0.4 is 4.72 Å². The third-order valence-corrected chi connectivity index (χ3v) is 4.60. The number of sulfonamides is 1. The van der Waals surface area contributed by atoms with Gasteiger partial charge in [-0.05, 0) is 18.2 Å². The molecule has 0 atom stereocenters. The fourth-order valence-corrected chi connectivity index (χ4v) is 2.93. The van der Waals surface area contributed by atoms with Gasteiger partial charge in [0.25, 0.3) is 0 Å². The third-order valence-electron chi connectivity index (χ3n) is 3.48. The second-order valence-electron chi connectivity index (χ2n) is 5.02. The number of ketones is 2. The van der Waals surface area contributed by atoms with Gasteiger partial charge in [-0.2, -0.15) is 21.6 Å². The fourth-order valence-electron chi connectivity index (χ4n) is 2.38. The summed E-state index contributed by atoms with van der Waals surface area (Å²) < 4.78 is 60.9. The highest BCUT2D eigenvalue weighted by Crippen LogP contribution is 2.31. The van der Waals surface area contributed by atoms with Gasteiger partial charge in [0.05, 0.1) is 0 Å². The Hall–Kier alpha value is -2.68. The predicted molar refractivity (Wildman–Crippen MR) is 78.3 cm³/mol. The van der Waals surface area contributed by atoms with Gasteiger partial charge >= 0.3 is 15.5 Å². The lowest BCUT2D eigenvalue weighted by Gasteiger charge is -2.18. The van der Waals surface area contributed by atoms with E-state index in [9.17, 15) is 31.2 Å². The van der Waals surface area contributed by atoms with E-state index in [0.29, 0.717) is 0 Å². The zero-order valence-electron chi connectivity index (χ0n) is 11.7. The summed E-state index contributed by atoms with van der Waals surface area (Å²) in [5.74, 6) is -1.02. The van der Waals surface area contributed by atoms with Crippen LogP contribution in [0.5, 0.6) is 0 Å². The van der Waals surface area contributed by atoms with E-state index in [1.165, 1.54) is 16.9 Å². The van der Waals surface area contributed by atoms with Crippen LogP contribution >= 0.6 is 0 Å². The Morgan fingerprint density at radius 3 is 1.83 bits per heavy atom. The molecule has 124 valence electrons. The Labute approximate surface area is 134 Å². The zero-order valence-corrected chi connectivity index (χ0v) is 12.5. The first-order valence-electron chi connectivity index (χ1n) is 6.53. The second-order valence-corrected chi connectivity index (χ2v) is 6.69. The van der Waals surface area contributed by atoms with Crippen molar-refractivity contribution in [3.8, 4) is 0 Å². The minimum atomic E-state index is -5.62. The molecule has 0 saturated heterocycles. The first-order chi connectivity index (χ1) is 11.1. The van der Waals surface area contributed by atoms with Gasteiger partial charge in [0.1, 0.15) is 0 Å². The van der Waals surface area contributed by atoms with Crippen LogP contribution in [-0.4, -0.2) is 25.5 Å². The van der Waals surface area contributed by atoms with Gasteiger partial charge in [0, 0.05) is 27.9 Å². The molecule has 0 aromatic heterocycles. The average Bonchev–Trinajstić information content (AvgIpc) is 2.51. The number of nitrogens with one attached hydrogen (secondary N) is 1. The lowest BCUT2D eigenvalue weighted by atomic mass is 9.84. The molecule has 5 nitrogen and oxygen atoms in total. The maximum absolute atomic E-state index is 12.4. The summed E-state index contributed by atoms with van der Waals surface area (Å²) in [5, 5.41) is 0. The Balaban J connectivity index is 2.07. The zero-order chi connectivity index (χ0) is 17.7. The molecular formula is C15H8F3NO4S.